The van der Waals surface area contributed by atoms with Gasteiger partial charge in [0.1, 0.15) is 5.75 Å². The monoisotopic (exact) mass is 339 g/mol. The van der Waals surface area contributed by atoms with Crippen molar-refractivity contribution in [3.8, 4) is 17.0 Å². The number of amides is 1. The third kappa shape index (κ3) is 3.91. The van der Waals surface area contributed by atoms with Gasteiger partial charge in [0, 0.05) is 16.6 Å². The first-order valence-electron chi connectivity index (χ1n) is 7.46. The van der Waals surface area contributed by atoms with Crippen LogP contribution in [0.5, 0.6) is 5.75 Å². The van der Waals surface area contributed by atoms with Crippen LogP contribution in [0.4, 0.5) is 10.8 Å². The van der Waals surface area contributed by atoms with E-state index in [4.69, 9.17) is 10.5 Å². The number of hydrogen-bond donors (Lipinski definition) is 2. The Morgan fingerprint density at radius 2 is 2.00 bits per heavy atom. The molecule has 24 heavy (non-hydrogen) atoms. The Morgan fingerprint density at radius 3 is 2.71 bits per heavy atom. The lowest BCUT2D eigenvalue weighted by molar-refractivity contribution is -0.122. The topological polar surface area (TPSA) is 77.2 Å². The molecule has 0 aliphatic carbocycles. The van der Waals surface area contributed by atoms with Gasteiger partial charge in [-0.1, -0.05) is 30.3 Å². The molecule has 0 radical (unpaired) electrons. The maximum Gasteiger partial charge on any atom is 0.265 e. The summed E-state index contributed by atoms with van der Waals surface area (Å²) in [5, 5.41) is 5.23. The van der Waals surface area contributed by atoms with Crippen molar-refractivity contribution < 1.29 is 9.53 Å². The summed E-state index contributed by atoms with van der Waals surface area (Å²) in [6.45, 7) is 1.71. The number of rotatable bonds is 5. The van der Waals surface area contributed by atoms with E-state index in [0.29, 0.717) is 10.9 Å². The smallest absolute Gasteiger partial charge is 0.265 e. The lowest BCUT2D eigenvalue weighted by Gasteiger charge is -2.15. The van der Waals surface area contributed by atoms with Crippen LogP contribution in [-0.4, -0.2) is 17.0 Å². The molecule has 1 heterocycles. The van der Waals surface area contributed by atoms with E-state index < -0.39 is 6.10 Å². The molecule has 1 unspecified atom stereocenters. The van der Waals surface area contributed by atoms with E-state index in [-0.39, 0.29) is 5.91 Å². The first-order chi connectivity index (χ1) is 11.6. The van der Waals surface area contributed by atoms with Crippen molar-refractivity contribution in [1.82, 2.24) is 4.98 Å². The van der Waals surface area contributed by atoms with E-state index in [1.807, 2.05) is 60.0 Å². The highest BCUT2D eigenvalue weighted by Crippen LogP contribution is 2.26. The number of nitrogens with two attached hydrogens (primary N) is 1. The van der Waals surface area contributed by atoms with Crippen molar-refractivity contribution in [2.24, 2.45) is 0 Å². The van der Waals surface area contributed by atoms with Crippen molar-refractivity contribution in [1.29, 1.82) is 0 Å². The van der Waals surface area contributed by atoms with Crippen molar-refractivity contribution in [3.05, 3.63) is 60.0 Å². The molecule has 0 aliphatic rings. The summed E-state index contributed by atoms with van der Waals surface area (Å²) in [7, 11) is 0. The van der Waals surface area contributed by atoms with Crippen molar-refractivity contribution >= 4 is 28.1 Å². The quantitative estimate of drug-likeness (QED) is 0.741. The van der Waals surface area contributed by atoms with Gasteiger partial charge in [0.05, 0.1) is 5.69 Å². The van der Waals surface area contributed by atoms with Crippen molar-refractivity contribution in [3.63, 3.8) is 0 Å². The second kappa shape index (κ2) is 7.14. The molecule has 0 saturated heterocycles. The Bertz CT molecular complexity index is 833. The molecule has 122 valence electrons. The number of nitrogen functional groups attached to an aromatic ring is 1. The molecule has 1 atom stereocenters. The van der Waals surface area contributed by atoms with E-state index in [0.717, 1.165) is 16.9 Å². The number of carbonyl (C=O) groups is 1. The fourth-order valence-corrected chi connectivity index (χ4v) is 2.74. The van der Waals surface area contributed by atoms with Crippen LogP contribution in [0.25, 0.3) is 11.3 Å². The largest absolute Gasteiger partial charge is 0.481 e. The van der Waals surface area contributed by atoms with E-state index in [1.54, 1.807) is 6.92 Å². The second-order valence-electron chi connectivity index (χ2n) is 5.21. The number of ether oxygens (including phenoxy) is 1. The summed E-state index contributed by atoms with van der Waals surface area (Å²) in [4.78, 5) is 16.5. The molecule has 3 aromatic rings. The van der Waals surface area contributed by atoms with Crippen LogP contribution in [0.15, 0.2) is 60.0 Å². The van der Waals surface area contributed by atoms with Gasteiger partial charge in [0.25, 0.3) is 5.91 Å². The molecule has 0 saturated carbocycles. The normalized spacial score (nSPS) is 11.7. The van der Waals surface area contributed by atoms with E-state index in [1.165, 1.54) is 11.3 Å². The Balaban J connectivity index is 1.68. The summed E-state index contributed by atoms with van der Waals surface area (Å²) in [6, 6.07) is 16.7. The number of nitrogens with zero attached hydrogens (tertiary/aromatic N) is 1. The summed E-state index contributed by atoms with van der Waals surface area (Å²) in [5.74, 6) is 0.402. The number of benzene rings is 2. The van der Waals surface area contributed by atoms with Gasteiger partial charge in [0.2, 0.25) is 0 Å². The van der Waals surface area contributed by atoms with Gasteiger partial charge in [0.15, 0.2) is 11.2 Å². The average Bonchev–Trinajstić information content (AvgIpc) is 3.02. The molecule has 0 spiro atoms. The molecule has 0 bridgehead atoms. The van der Waals surface area contributed by atoms with Gasteiger partial charge < -0.3 is 15.8 Å². The zero-order chi connectivity index (χ0) is 16.9. The Kier molecular flexibility index (Phi) is 4.77. The molecule has 0 fully saturated rings. The molecular formula is C18H17N3O2S. The van der Waals surface area contributed by atoms with E-state index in [9.17, 15) is 4.79 Å². The predicted octanol–water partition coefficient (Wildman–Crippen LogP) is 3.80. The molecule has 2 aromatic carbocycles. The molecule has 1 amide bonds. The highest BCUT2D eigenvalue weighted by atomic mass is 32.1. The first kappa shape index (κ1) is 16.0. The number of aromatic nitrogens is 1. The number of carbonyl (C=O) groups excluding carboxylic acids is 1. The molecule has 1 aromatic heterocycles. The Morgan fingerprint density at radius 1 is 1.21 bits per heavy atom. The lowest BCUT2D eigenvalue weighted by Crippen LogP contribution is -2.30. The van der Waals surface area contributed by atoms with Crippen LogP contribution >= 0.6 is 11.3 Å². The van der Waals surface area contributed by atoms with Crippen LogP contribution in [-0.2, 0) is 4.79 Å². The predicted molar refractivity (Wildman–Crippen MR) is 97.1 cm³/mol. The van der Waals surface area contributed by atoms with E-state index in [2.05, 4.69) is 10.3 Å². The van der Waals surface area contributed by atoms with Crippen molar-refractivity contribution in [2.75, 3.05) is 11.1 Å². The number of nitrogens with one attached hydrogen (secondary N) is 1. The van der Waals surface area contributed by atoms with Crippen LogP contribution in [0, 0.1) is 0 Å². The summed E-state index contributed by atoms with van der Waals surface area (Å²) < 4.78 is 5.75. The van der Waals surface area contributed by atoms with Gasteiger partial charge in [-0.15, -0.1) is 11.3 Å². The third-order valence-corrected chi connectivity index (χ3v) is 4.05. The number of thiazole rings is 1. The first-order valence-corrected chi connectivity index (χ1v) is 8.34. The zero-order valence-corrected chi connectivity index (χ0v) is 13.9. The standard InChI is InChI=1S/C18H17N3O2S/c1-12(17(22)20-14-7-3-2-4-8-14)23-15-9-5-6-13(10-15)16-11-24-18(19)21-16/h2-12H,1H3,(H2,19,21)(H,20,22). The Hall–Kier alpha value is -2.86. The number of para-hydroxylation sites is 1. The molecule has 3 N–H and O–H groups in total. The van der Waals surface area contributed by atoms with Crippen LogP contribution < -0.4 is 15.8 Å². The average molecular weight is 339 g/mol. The second-order valence-corrected chi connectivity index (χ2v) is 6.10. The number of anilines is 2. The summed E-state index contributed by atoms with van der Waals surface area (Å²) >= 11 is 1.39. The minimum atomic E-state index is -0.624. The highest BCUT2D eigenvalue weighted by Gasteiger charge is 2.15. The maximum absolute atomic E-state index is 12.2. The zero-order valence-electron chi connectivity index (χ0n) is 13.1. The third-order valence-electron chi connectivity index (χ3n) is 3.38. The minimum absolute atomic E-state index is 0.204. The van der Waals surface area contributed by atoms with Gasteiger partial charge in [-0.05, 0) is 31.2 Å². The molecule has 0 aliphatic heterocycles. The highest BCUT2D eigenvalue weighted by molar-refractivity contribution is 7.13. The maximum atomic E-state index is 12.2. The van der Waals surface area contributed by atoms with Gasteiger partial charge >= 0.3 is 0 Å². The minimum Gasteiger partial charge on any atom is -0.481 e. The fourth-order valence-electron chi connectivity index (χ4n) is 2.17. The van der Waals surface area contributed by atoms with Crippen LogP contribution in [0.3, 0.4) is 0 Å². The van der Waals surface area contributed by atoms with Crippen molar-refractivity contribution in [2.45, 2.75) is 13.0 Å². The molecule has 3 rings (SSSR count). The summed E-state index contributed by atoms with van der Waals surface area (Å²) in [5.41, 5.74) is 8.11. The van der Waals surface area contributed by atoms with Crippen LogP contribution in [0.2, 0.25) is 0 Å². The Labute approximate surface area is 144 Å². The van der Waals surface area contributed by atoms with Gasteiger partial charge in [-0.2, -0.15) is 0 Å². The van der Waals surface area contributed by atoms with Gasteiger partial charge in [-0.3, -0.25) is 4.79 Å². The van der Waals surface area contributed by atoms with E-state index >= 15 is 0 Å². The van der Waals surface area contributed by atoms with Gasteiger partial charge in [-0.25, -0.2) is 4.98 Å². The SMILES string of the molecule is CC(Oc1cccc(-c2csc(N)n2)c1)C(=O)Nc1ccccc1. The van der Waals surface area contributed by atoms with Crippen LogP contribution in [0.1, 0.15) is 6.92 Å². The summed E-state index contributed by atoms with van der Waals surface area (Å²) in [6.07, 6.45) is -0.624. The lowest BCUT2D eigenvalue weighted by atomic mass is 10.1. The fraction of sp³-hybridized carbons (Fsp3) is 0.111. The molecule has 6 heteroatoms. The number of hydrogen-bond acceptors (Lipinski definition) is 5. The molecule has 5 nitrogen and oxygen atoms in total. The molecular weight excluding hydrogens is 322 g/mol.